The van der Waals surface area contributed by atoms with Crippen LogP contribution >= 0.6 is 0 Å². The van der Waals surface area contributed by atoms with Gasteiger partial charge in [-0.3, -0.25) is 4.99 Å². The summed E-state index contributed by atoms with van der Waals surface area (Å²) in [5, 5.41) is 15.7. The molecule has 1 aromatic heterocycles. The first-order valence-electron chi connectivity index (χ1n) is 11.4. The smallest absolute Gasteiger partial charge is 0.191 e. The molecule has 2 N–H and O–H groups in total. The highest BCUT2D eigenvalue weighted by molar-refractivity contribution is 5.80. The maximum atomic E-state index is 4.92. The molecular weight excluding hydrogens is 350 g/mol. The summed E-state index contributed by atoms with van der Waals surface area (Å²) in [7, 11) is 0. The molecule has 3 rings (SSSR count). The first-order chi connectivity index (χ1) is 13.8. The molecule has 7 heteroatoms. The van der Waals surface area contributed by atoms with Gasteiger partial charge in [-0.25, -0.2) is 0 Å². The third kappa shape index (κ3) is 6.47. The van der Waals surface area contributed by atoms with Crippen molar-refractivity contribution in [3.05, 3.63) is 12.2 Å². The Hall–Kier alpha value is -1.63. The summed E-state index contributed by atoms with van der Waals surface area (Å²) in [4.78, 5) is 7.51. The van der Waals surface area contributed by atoms with Crippen molar-refractivity contribution in [2.45, 2.75) is 90.3 Å². The fourth-order valence-electron chi connectivity index (χ4n) is 4.39. The van der Waals surface area contributed by atoms with Crippen LogP contribution < -0.4 is 10.6 Å². The average Bonchev–Trinajstić information content (AvgIpc) is 3.18. The summed E-state index contributed by atoms with van der Waals surface area (Å²) in [6.45, 7) is 9.60. The average molecular weight is 390 g/mol. The lowest BCUT2D eigenvalue weighted by Gasteiger charge is -2.34. The van der Waals surface area contributed by atoms with Gasteiger partial charge in [-0.1, -0.05) is 33.1 Å². The second kappa shape index (κ2) is 11.4. The van der Waals surface area contributed by atoms with Gasteiger partial charge in [-0.15, -0.1) is 10.2 Å². The highest BCUT2D eigenvalue weighted by atomic mass is 15.3. The van der Waals surface area contributed by atoms with Crippen LogP contribution in [-0.4, -0.2) is 63.9 Å². The Balaban J connectivity index is 1.54. The SMILES string of the molecule is CCCN1CCC(NC(=NCCn2cnnc2CC)NC2CCCCC2)CC1. The number of piperidine rings is 1. The second-order valence-electron chi connectivity index (χ2n) is 8.26. The van der Waals surface area contributed by atoms with Crippen molar-refractivity contribution in [3.63, 3.8) is 0 Å². The van der Waals surface area contributed by atoms with E-state index in [1.54, 1.807) is 0 Å². The van der Waals surface area contributed by atoms with Crippen LogP contribution in [0, 0.1) is 0 Å². The first-order valence-corrected chi connectivity index (χ1v) is 11.4. The lowest BCUT2D eigenvalue weighted by atomic mass is 9.95. The van der Waals surface area contributed by atoms with E-state index < -0.39 is 0 Å². The minimum absolute atomic E-state index is 0.532. The van der Waals surface area contributed by atoms with E-state index in [1.807, 2.05) is 6.33 Å². The summed E-state index contributed by atoms with van der Waals surface area (Å²) in [6, 6.07) is 1.10. The Morgan fingerprint density at radius 3 is 2.43 bits per heavy atom. The number of aromatic nitrogens is 3. The number of aryl methyl sites for hydroxylation is 1. The van der Waals surface area contributed by atoms with Gasteiger partial charge in [0.2, 0.25) is 0 Å². The van der Waals surface area contributed by atoms with Crippen LogP contribution in [0.15, 0.2) is 11.3 Å². The molecule has 158 valence electrons. The van der Waals surface area contributed by atoms with Crippen LogP contribution in [0.4, 0.5) is 0 Å². The lowest BCUT2D eigenvalue weighted by Crippen LogP contribution is -2.51. The summed E-state index contributed by atoms with van der Waals surface area (Å²) < 4.78 is 2.12. The number of rotatable bonds is 8. The van der Waals surface area contributed by atoms with Crippen LogP contribution in [0.2, 0.25) is 0 Å². The lowest BCUT2D eigenvalue weighted by molar-refractivity contribution is 0.206. The molecule has 7 nitrogen and oxygen atoms in total. The van der Waals surface area contributed by atoms with E-state index in [-0.39, 0.29) is 0 Å². The van der Waals surface area contributed by atoms with Crippen LogP contribution in [0.1, 0.15) is 71.0 Å². The summed E-state index contributed by atoms with van der Waals surface area (Å²) in [5.74, 6) is 2.04. The van der Waals surface area contributed by atoms with Crippen molar-refractivity contribution in [2.75, 3.05) is 26.2 Å². The van der Waals surface area contributed by atoms with Gasteiger partial charge in [-0.05, 0) is 38.6 Å². The normalized spacial score (nSPS) is 20.4. The molecule has 2 heterocycles. The Morgan fingerprint density at radius 2 is 1.75 bits per heavy atom. The maximum absolute atomic E-state index is 4.92. The molecule has 0 radical (unpaired) electrons. The van der Waals surface area contributed by atoms with E-state index in [4.69, 9.17) is 4.99 Å². The van der Waals surface area contributed by atoms with Gasteiger partial charge in [0, 0.05) is 38.1 Å². The minimum Gasteiger partial charge on any atom is -0.354 e. The number of aliphatic imine (C=N–C) groups is 1. The molecule has 1 aromatic rings. The van der Waals surface area contributed by atoms with Gasteiger partial charge in [0.1, 0.15) is 12.2 Å². The topological polar surface area (TPSA) is 70.4 Å². The number of guanidine groups is 1. The minimum atomic E-state index is 0.532. The van der Waals surface area contributed by atoms with E-state index in [2.05, 4.69) is 44.1 Å². The van der Waals surface area contributed by atoms with E-state index in [0.717, 1.165) is 31.3 Å². The zero-order valence-corrected chi connectivity index (χ0v) is 17.9. The van der Waals surface area contributed by atoms with E-state index in [9.17, 15) is 0 Å². The number of likely N-dealkylation sites (tertiary alicyclic amines) is 1. The zero-order chi connectivity index (χ0) is 19.6. The van der Waals surface area contributed by atoms with Crippen molar-refractivity contribution >= 4 is 5.96 Å². The van der Waals surface area contributed by atoms with Gasteiger partial charge >= 0.3 is 0 Å². The van der Waals surface area contributed by atoms with Crippen molar-refractivity contribution in [1.82, 2.24) is 30.3 Å². The number of nitrogens with one attached hydrogen (secondary N) is 2. The highest BCUT2D eigenvalue weighted by Crippen LogP contribution is 2.17. The number of hydrogen-bond acceptors (Lipinski definition) is 4. The zero-order valence-electron chi connectivity index (χ0n) is 17.9. The number of hydrogen-bond donors (Lipinski definition) is 2. The summed E-state index contributed by atoms with van der Waals surface area (Å²) >= 11 is 0. The summed E-state index contributed by atoms with van der Waals surface area (Å²) in [5.41, 5.74) is 0. The second-order valence-corrected chi connectivity index (χ2v) is 8.26. The standard InChI is InChI=1S/C21H39N7/c1-3-13-27-14-10-19(11-15-27)25-21(24-18-8-6-5-7-9-18)22-12-16-28-17-23-26-20(28)4-2/h17-19H,3-16H2,1-2H3,(H2,22,24,25). The van der Waals surface area contributed by atoms with Crippen LogP contribution in [0.3, 0.4) is 0 Å². The molecule has 0 spiro atoms. The van der Waals surface area contributed by atoms with E-state index in [0.29, 0.717) is 12.1 Å². The fraction of sp³-hybridized carbons (Fsp3) is 0.857. The molecule has 0 bridgehead atoms. The van der Waals surface area contributed by atoms with Crippen molar-refractivity contribution in [3.8, 4) is 0 Å². The monoisotopic (exact) mass is 389 g/mol. The van der Waals surface area contributed by atoms with E-state index in [1.165, 1.54) is 71.0 Å². The van der Waals surface area contributed by atoms with Crippen molar-refractivity contribution < 1.29 is 0 Å². The Labute approximate surface area is 170 Å². The highest BCUT2D eigenvalue weighted by Gasteiger charge is 2.21. The molecule has 0 amide bonds. The van der Waals surface area contributed by atoms with Crippen molar-refractivity contribution in [2.24, 2.45) is 4.99 Å². The maximum Gasteiger partial charge on any atom is 0.191 e. The van der Waals surface area contributed by atoms with Gasteiger partial charge in [0.25, 0.3) is 0 Å². The van der Waals surface area contributed by atoms with Crippen LogP contribution in [-0.2, 0) is 13.0 Å². The van der Waals surface area contributed by atoms with Crippen molar-refractivity contribution in [1.29, 1.82) is 0 Å². The first kappa shape index (κ1) is 21.1. The Morgan fingerprint density at radius 1 is 1.04 bits per heavy atom. The molecule has 0 atom stereocenters. The van der Waals surface area contributed by atoms with Crippen LogP contribution in [0.25, 0.3) is 0 Å². The molecule has 1 saturated carbocycles. The Bertz CT molecular complexity index is 583. The largest absolute Gasteiger partial charge is 0.354 e. The molecule has 28 heavy (non-hydrogen) atoms. The molecule has 2 aliphatic rings. The third-order valence-electron chi connectivity index (χ3n) is 6.04. The van der Waals surface area contributed by atoms with Gasteiger partial charge in [0.15, 0.2) is 5.96 Å². The molecular formula is C21H39N7. The van der Waals surface area contributed by atoms with E-state index >= 15 is 0 Å². The fourth-order valence-corrected chi connectivity index (χ4v) is 4.39. The van der Waals surface area contributed by atoms with Gasteiger partial charge in [0.05, 0.1) is 6.54 Å². The Kier molecular flexibility index (Phi) is 8.58. The molecule has 1 aliphatic heterocycles. The predicted octanol–water partition coefficient (Wildman–Crippen LogP) is 2.58. The number of nitrogens with zero attached hydrogens (tertiary/aromatic N) is 5. The summed E-state index contributed by atoms with van der Waals surface area (Å²) in [6.07, 6.45) is 13.0. The molecule has 1 aliphatic carbocycles. The molecule has 0 aromatic carbocycles. The predicted molar refractivity (Wildman–Crippen MR) is 115 cm³/mol. The molecule has 2 fully saturated rings. The quantitative estimate of drug-likeness (QED) is 0.528. The molecule has 0 unspecified atom stereocenters. The molecule has 1 saturated heterocycles. The van der Waals surface area contributed by atoms with Gasteiger partial charge in [-0.2, -0.15) is 0 Å². The van der Waals surface area contributed by atoms with Gasteiger partial charge < -0.3 is 20.1 Å². The van der Waals surface area contributed by atoms with Crippen LogP contribution in [0.5, 0.6) is 0 Å². The third-order valence-corrected chi connectivity index (χ3v) is 6.04.